The molecule has 0 atom stereocenters. The molecule has 0 radical (unpaired) electrons. The van der Waals surface area contributed by atoms with Gasteiger partial charge in [-0.25, -0.2) is 0 Å². The molecule has 1 aliphatic heterocycles. The fourth-order valence-electron chi connectivity index (χ4n) is 2.84. The number of nitrogens with zero attached hydrogens (tertiary/aromatic N) is 2. The molecule has 0 spiro atoms. The Morgan fingerprint density at radius 1 is 0.955 bits per heavy atom. The average Bonchev–Trinajstić information content (AvgIpc) is 2.56. The second kappa shape index (κ2) is 6.67. The van der Waals surface area contributed by atoms with E-state index in [1.165, 1.54) is 11.3 Å². The maximum atomic E-state index is 5.94. The minimum absolute atomic E-state index is 0.746. The highest BCUT2D eigenvalue weighted by Gasteiger charge is 2.20. The third-order valence-electron chi connectivity index (χ3n) is 4.11. The number of piperazine rings is 1. The van der Waals surface area contributed by atoms with Gasteiger partial charge >= 0.3 is 0 Å². The molecule has 22 heavy (non-hydrogen) atoms. The Balaban J connectivity index is 1.65. The highest BCUT2D eigenvalue weighted by atomic mass is 35.5. The molecule has 0 amide bonds. The van der Waals surface area contributed by atoms with Gasteiger partial charge in [0.25, 0.3) is 0 Å². The molecule has 0 bridgehead atoms. The van der Waals surface area contributed by atoms with Crippen LogP contribution in [0.2, 0.25) is 5.02 Å². The summed E-state index contributed by atoms with van der Waals surface area (Å²) in [7, 11) is 0. The molecule has 1 heterocycles. The third kappa shape index (κ3) is 3.26. The fraction of sp³-hybridized carbons (Fsp3) is 0.278. The minimum atomic E-state index is 0.746. The first-order valence-electron chi connectivity index (χ1n) is 7.50. The first kappa shape index (κ1) is 15.3. The van der Waals surface area contributed by atoms with Crippen LogP contribution >= 0.6 is 23.8 Å². The molecule has 114 valence electrons. The Kier molecular flexibility index (Phi) is 4.65. The van der Waals surface area contributed by atoms with E-state index in [1.54, 1.807) is 0 Å². The Bertz CT molecular complexity index is 661. The summed E-state index contributed by atoms with van der Waals surface area (Å²) in [6.45, 7) is 6.07. The summed E-state index contributed by atoms with van der Waals surface area (Å²) in [6, 6.07) is 16.3. The second-order valence-electron chi connectivity index (χ2n) is 5.57. The normalized spacial score (nSPS) is 15.0. The van der Waals surface area contributed by atoms with Crippen LogP contribution in [-0.2, 0) is 0 Å². The topological polar surface area (TPSA) is 6.48 Å². The summed E-state index contributed by atoms with van der Waals surface area (Å²) in [5.74, 6) is 0. The van der Waals surface area contributed by atoms with Crippen molar-refractivity contribution in [3.05, 3.63) is 64.7 Å². The standard InChI is InChI=1S/C18H19ClN2S/c1-14-4-2-3-5-17(14)20-10-12-21(13-11-20)18(22)15-6-8-16(19)9-7-15/h2-9H,10-13H2,1H3. The molecule has 0 N–H and O–H groups in total. The van der Waals surface area contributed by atoms with E-state index >= 15 is 0 Å². The lowest BCUT2D eigenvalue weighted by Gasteiger charge is -2.38. The van der Waals surface area contributed by atoms with Gasteiger partial charge in [0.15, 0.2) is 0 Å². The van der Waals surface area contributed by atoms with Gasteiger partial charge in [-0.3, -0.25) is 0 Å². The van der Waals surface area contributed by atoms with Gasteiger partial charge in [0.1, 0.15) is 4.99 Å². The average molecular weight is 331 g/mol. The molecule has 3 rings (SSSR count). The summed E-state index contributed by atoms with van der Waals surface area (Å²) in [5, 5.41) is 0.746. The zero-order valence-corrected chi connectivity index (χ0v) is 14.2. The van der Waals surface area contributed by atoms with Crippen molar-refractivity contribution in [2.24, 2.45) is 0 Å². The zero-order chi connectivity index (χ0) is 15.5. The van der Waals surface area contributed by atoms with E-state index < -0.39 is 0 Å². The molecule has 0 saturated carbocycles. The van der Waals surface area contributed by atoms with Gasteiger partial charge in [0, 0.05) is 42.5 Å². The Morgan fingerprint density at radius 2 is 1.59 bits per heavy atom. The van der Waals surface area contributed by atoms with Crippen molar-refractivity contribution in [2.75, 3.05) is 31.1 Å². The largest absolute Gasteiger partial charge is 0.368 e. The van der Waals surface area contributed by atoms with Crippen molar-refractivity contribution in [1.29, 1.82) is 0 Å². The molecule has 1 aliphatic rings. The van der Waals surface area contributed by atoms with Gasteiger partial charge < -0.3 is 9.80 Å². The highest BCUT2D eigenvalue weighted by Crippen LogP contribution is 2.21. The summed E-state index contributed by atoms with van der Waals surface area (Å²) in [4.78, 5) is 5.64. The highest BCUT2D eigenvalue weighted by molar-refractivity contribution is 7.80. The molecule has 2 aromatic carbocycles. The van der Waals surface area contributed by atoms with Crippen molar-refractivity contribution in [3.8, 4) is 0 Å². The Morgan fingerprint density at radius 3 is 2.23 bits per heavy atom. The third-order valence-corrected chi connectivity index (χ3v) is 4.86. The van der Waals surface area contributed by atoms with Gasteiger partial charge in [-0.2, -0.15) is 0 Å². The van der Waals surface area contributed by atoms with Gasteiger partial charge in [-0.15, -0.1) is 0 Å². The molecule has 2 aromatic rings. The van der Waals surface area contributed by atoms with E-state index in [-0.39, 0.29) is 0 Å². The number of aryl methyl sites for hydroxylation is 1. The SMILES string of the molecule is Cc1ccccc1N1CCN(C(=S)c2ccc(Cl)cc2)CC1. The van der Waals surface area contributed by atoms with Crippen molar-refractivity contribution in [1.82, 2.24) is 4.90 Å². The summed E-state index contributed by atoms with van der Waals surface area (Å²) in [5.41, 5.74) is 3.74. The minimum Gasteiger partial charge on any atom is -0.368 e. The van der Waals surface area contributed by atoms with Gasteiger partial charge in [-0.05, 0) is 30.7 Å². The predicted octanol–water partition coefficient (Wildman–Crippen LogP) is 4.15. The van der Waals surface area contributed by atoms with E-state index in [1.807, 2.05) is 24.3 Å². The van der Waals surface area contributed by atoms with Crippen LogP contribution in [0, 0.1) is 6.92 Å². The predicted molar refractivity (Wildman–Crippen MR) is 98.1 cm³/mol. The van der Waals surface area contributed by atoms with Crippen LogP contribution in [-0.4, -0.2) is 36.1 Å². The van der Waals surface area contributed by atoms with Crippen LogP contribution in [0.3, 0.4) is 0 Å². The van der Waals surface area contributed by atoms with E-state index in [0.29, 0.717) is 0 Å². The van der Waals surface area contributed by atoms with E-state index in [4.69, 9.17) is 23.8 Å². The van der Waals surface area contributed by atoms with Crippen molar-refractivity contribution in [2.45, 2.75) is 6.92 Å². The molecule has 0 aliphatic carbocycles. The number of halogens is 1. The Hall–Kier alpha value is -1.58. The molecular formula is C18H19ClN2S. The van der Waals surface area contributed by atoms with Gasteiger partial charge in [-0.1, -0.05) is 54.2 Å². The number of anilines is 1. The summed E-state index contributed by atoms with van der Waals surface area (Å²) < 4.78 is 0. The van der Waals surface area contributed by atoms with E-state index in [0.717, 1.165) is 41.8 Å². The van der Waals surface area contributed by atoms with E-state index in [9.17, 15) is 0 Å². The molecule has 1 saturated heterocycles. The summed E-state index contributed by atoms with van der Waals surface area (Å²) >= 11 is 11.6. The van der Waals surface area contributed by atoms with E-state index in [2.05, 4.69) is 41.0 Å². The lowest BCUT2D eigenvalue weighted by molar-refractivity contribution is 0.392. The lowest BCUT2D eigenvalue weighted by Crippen LogP contribution is -2.48. The first-order chi connectivity index (χ1) is 10.6. The number of para-hydroxylation sites is 1. The maximum absolute atomic E-state index is 5.94. The van der Waals surface area contributed by atoms with Gasteiger partial charge in [0.05, 0.1) is 0 Å². The number of rotatable bonds is 2. The molecular weight excluding hydrogens is 312 g/mol. The van der Waals surface area contributed by atoms with Crippen LogP contribution in [0.1, 0.15) is 11.1 Å². The first-order valence-corrected chi connectivity index (χ1v) is 8.29. The van der Waals surface area contributed by atoms with Crippen LogP contribution in [0.15, 0.2) is 48.5 Å². The van der Waals surface area contributed by atoms with Crippen molar-refractivity contribution in [3.63, 3.8) is 0 Å². The quantitative estimate of drug-likeness (QED) is 0.764. The molecule has 2 nitrogen and oxygen atoms in total. The fourth-order valence-corrected chi connectivity index (χ4v) is 3.29. The van der Waals surface area contributed by atoms with Crippen LogP contribution in [0.25, 0.3) is 0 Å². The Labute approximate surface area is 142 Å². The van der Waals surface area contributed by atoms with Crippen molar-refractivity contribution >= 4 is 34.5 Å². The number of benzene rings is 2. The number of thiocarbonyl (C=S) groups is 1. The van der Waals surface area contributed by atoms with Crippen LogP contribution in [0.4, 0.5) is 5.69 Å². The molecule has 0 unspecified atom stereocenters. The van der Waals surface area contributed by atoms with Crippen LogP contribution < -0.4 is 4.90 Å². The number of hydrogen-bond donors (Lipinski definition) is 0. The molecule has 0 aromatic heterocycles. The smallest absolute Gasteiger partial charge is 0.109 e. The number of hydrogen-bond acceptors (Lipinski definition) is 2. The summed E-state index contributed by atoms with van der Waals surface area (Å²) in [6.07, 6.45) is 0. The lowest BCUT2D eigenvalue weighted by atomic mass is 10.1. The molecule has 4 heteroatoms. The monoisotopic (exact) mass is 330 g/mol. The molecule has 1 fully saturated rings. The van der Waals surface area contributed by atoms with Crippen molar-refractivity contribution < 1.29 is 0 Å². The van der Waals surface area contributed by atoms with Gasteiger partial charge in [0.2, 0.25) is 0 Å². The second-order valence-corrected chi connectivity index (χ2v) is 6.40. The zero-order valence-electron chi connectivity index (χ0n) is 12.6. The van der Waals surface area contributed by atoms with Crippen LogP contribution in [0.5, 0.6) is 0 Å². The maximum Gasteiger partial charge on any atom is 0.109 e.